The molecule has 4 aliphatic carbocycles. The Hall–Kier alpha value is -1.37. The molecule has 21 heavy (non-hydrogen) atoms. The molecule has 4 bridgehead atoms. The van der Waals surface area contributed by atoms with Crippen LogP contribution in [0.5, 0.6) is 0 Å². The van der Waals surface area contributed by atoms with Crippen molar-refractivity contribution in [3.8, 4) is 0 Å². The van der Waals surface area contributed by atoms with E-state index in [1.807, 2.05) is 0 Å². The summed E-state index contributed by atoms with van der Waals surface area (Å²) in [4.78, 5) is 5.09. The Labute approximate surface area is 126 Å². The molecule has 1 nitrogen and oxygen atoms in total. The summed E-state index contributed by atoms with van der Waals surface area (Å²) in [6, 6.07) is 11.2. The summed E-state index contributed by atoms with van der Waals surface area (Å²) >= 11 is 0. The van der Waals surface area contributed by atoms with Crippen LogP contribution in [0.3, 0.4) is 0 Å². The van der Waals surface area contributed by atoms with Crippen molar-refractivity contribution in [1.82, 2.24) is 4.98 Å². The third-order valence-electron chi connectivity index (χ3n) is 6.51. The van der Waals surface area contributed by atoms with E-state index in [2.05, 4.69) is 37.3 Å². The van der Waals surface area contributed by atoms with E-state index in [0.717, 1.165) is 17.8 Å². The standard InChI is InChI=1S/C20H23N/c1-13-18-5-3-2-4-17(18)9-19(21-13)20-10-14-6-15(11-20)8-16(7-14)12-20/h2-5,9,14-16H,6-8,10-12H2,1H3. The number of nitrogens with zero attached hydrogens (tertiary/aromatic N) is 1. The first-order valence-electron chi connectivity index (χ1n) is 8.59. The predicted molar refractivity (Wildman–Crippen MR) is 86.3 cm³/mol. The average Bonchev–Trinajstić information content (AvgIpc) is 2.46. The molecular formula is C20H23N. The van der Waals surface area contributed by atoms with Gasteiger partial charge in [0.2, 0.25) is 0 Å². The Morgan fingerprint density at radius 2 is 1.57 bits per heavy atom. The Morgan fingerprint density at radius 3 is 2.24 bits per heavy atom. The molecule has 0 atom stereocenters. The summed E-state index contributed by atoms with van der Waals surface area (Å²) in [5.74, 6) is 2.97. The van der Waals surface area contributed by atoms with Gasteiger partial charge in [-0.05, 0) is 74.7 Å². The molecule has 4 fully saturated rings. The Morgan fingerprint density at radius 1 is 0.952 bits per heavy atom. The second-order valence-corrected chi connectivity index (χ2v) is 8.01. The SMILES string of the molecule is Cc1nc(C23CC4CC(CC(C4)C2)C3)cc2ccccc12. The van der Waals surface area contributed by atoms with Crippen molar-refractivity contribution < 1.29 is 0 Å². The van der Waals surface area contributed by atoms with Crippen LogP contribution in [0.15, 0.2) is 30.3 Å². The molecule has 1 aromatic heterocycles. The van der Waals surface area contributed by atoms with Crippen molar-refractivity contribution in [2.75, 3.05) is 0 Å². The lowest BCUT2D eigenvalue weighted by Crippen LogP contribution is -2.49. The molecule has 0 amide bonds. The highest BCUT2D eigenvalue weighted by molar-refractivity contribution is 5.84. The van der Waals surface area contributed by atoms with Gasteiger partial charge in [-0.1, -0.05) is 24.3 Å². The largest absolute Gasteiger partial charge is 0.257 e. The molecule has 1 heterocycles. The van der Waals surface area contributed by atoms with Gasteiger partial charge in [-0.15, -0.1) is 0 Å². The van der Waals surface area contributed by atoms with Crippen LogP contribution < -0.4 is 0 Å². The van der Waals surface area contributed by atoms with Crippen LogP contribution >= 0.6 is 0 Å². The Bertz CT molecular complexity index is 680. The summed E-state index contributed by atoms with van der Waals surface area (Å²) in [7, 11) is 0. The highest BCUT2D eigenvalue weighted by Crippen LogP contribution is 2.60. The predicted octanol–water partition coefficient (Wildman–Crippen LogP) is 5.01. The molecular weight excluding hydrogens is 254 g/mol. The number of pyridine rings is 1. The smallest absolute Gasteiger partial charge is 0.0475 e. The molecule has 4 aliphatic rings. The minimum Gasteiger partial charge on any atom is -0.257 e. The van der Waals surface area contributed by atoms with Crippen LogP contribution in [0, 0.1) is 24.7 Å². The van der Waals surface area contributed by atoms with E-state index in [0.29, 0.717) is 5.41 Å². The first-order chi connectivity index (χ1) is 10.2. The summed E-state index contributed by atoms with van der Waals surface area (Å²) in [6.07, 6.45) is 8.74. The third-order valence-corrected chi connectivity index (χ3v) is 6.51. The van der Waals surface area contributed by atoms with Gasteiger partial charge in [-0.3, -0.25) is 4.98 Å². The van der Waals surface area contributed by atoms with E-state index in [1.165, 1.54) is 60.7 Å². The molecule has 1 heteroatoms. The van der Waals surface area contributed by atoms with Crippen LogP contribution in [-0.4, -0.2) is 4.98 Å². The van der Waals surface area contributed by atoms with Gasteiger partial charge in [0, 0.05) is 22.2 Å². The summed E-state index contributed by atoms with van der Waals surface area (Å²) < 4.78 is 0. The van der Waals surface area contributed by atoms with Crippen molar-refractivity contribution >= 4 is 10.8 Å². The molecule has 1 aromatic carbocycles. The van der Waals surface area contributed by atoms with Gasteiger partial charge in [0.15, 0.2) is 0 Å². The first-order valence-corrected chi connectivity index (χ1v) is 8.59. The maximum absolute atomic E-state index is 5.09. The molecule has 0 saturated heterocycles. The van der Waals surface area contributed by atoms with Gasteiger partial charge in [-0.2, -0.15) is 0 Å². The summed E-state index contributed by atoms with van der Waals surface area (Å²) in [5, 5.41) is 2.71. The van der Waals surface area contributed by atoms with E-state index in [4.69, 9.17) is 4.98 Å². The minimum absolute atomic E-state index is 0.420. The molecule has 6 rings (SSSR count). The van der Waals surface area contributed by atoms with Crippen LogP contribution in [0.4, 0.5) is 0 Å². The fourth-order valence-electron chi connectivity index (χ4n) is 6.07. The summed E-state index contributed by atoms with van der Waals surface area (Å²) in [6.45, 7) is 2.19. The zero-order chi connectivity index (χ0) is 14.0. The summed E-state index contributed by atoms with van der Waals surface area (Å²) in [5.41, 5.74) is 3.06. The monoisotopic (exact) mass is 277 g/mol. The number of fused-ring (bicyclic) bond motifs is 1. The van der Waals surface area contributed by atoms with Gasteiger partial charge < -0.3 is 0 Å². The maximum Gasteiger partial charge on any atom is 0.0475 e. The second kappa shape index (κ2) is 4.09. The minimum atomic E-state index is 0.420. The fraction of sp³-hybridized carbons (Fsp3) is 0.550. The number of aryl methyl sites for hydroxylation is 1. The van der Waals surface area contributed by atoms with Crippen LogP contribution in [0.2, 0.25) is 0 Å². The topological polar surface area (TPSA) is 12.9 Å². The number of hydrogen-bond acceptors (Lipinski definition) is 1. The van der Waals surface area contributed by atoms with Gasteiger partial charge >= 0.3 is 0 Å². The molecule has 0 N–H and O–H groups in total. The van der Waals surface area contributed by atoms with Crippen LogP contribution in [0.1, 0.15) is 49.9 Å². The number of hydrogen-bond donors (Lipinski definition) is 0. The van der Waals surface area contributed by atoms with E-state index in [9.17, 15) is 0 Å². The lowest BCUT2D eigenvalue weighted by molar-refractivity contribution is -0.00717. The zero-order valence-corrected chi connectivity index (χ0v) is 12.8. The lowest BCUT2D eigenvalue weighted by Gasteiger charge is -2.56. The number of rotatable bonds is 1. The highest BCUT2D eigenvalue weighted by Gasteiger charge is 2.52. The molecule has 0 unspecified atom stereocenters. The molecule has 2 aromatic rings. The molecule has 0 aliphatic heterocycles. The van der Waals surface area contributed by atoms with E-state index >= 15 is 0 Å². The molecule has 0 spiro atoms. The number of benzene rings is 1. The fourth-order valence-corrected chi connectivity index (χ4v) is 6.07. The van der Waals surface area contributed by atoms with E-state index in [1.54, 1.807) is 0 Å². The first kappa shape index (κ1) is 12.2. The molecule has 4 saturated carbocycles. The van der Waals surface area contributed by atoms with Gasteiger partial charge in [0.1, 0.15) is 0 Å². The van der Waals surface area contributed by atoms with Crippen LogP contribution in [-0.2, 0) is 5.41 Å². The molecule has 0 radical (unpaired) electrons. The maximum atomic E-state index is 5.09. The highest BCUT2D eigenvalue weighted by atomic mass is 14.8. The van der Waals surface area contributed by atoms with E-state index < -0.39 is 0 Å². The normalized spacial score (nSPS) is 37.3. The van der Waals surface area contributed by atoms with E-state index in [-0.39, 0.29) is 0 Å². The third kappa shape index (κ3) is 1.73. The van der Waals surface area contributed by atoms with Crippen molar-refractivity contribution in [3.05, 3.63) is 41.7 Å². The van der Waals surface area contributed by atoms with Crippen molar-refractivity contribution in [2.45, 2.75) is 50.9 Å². The van der Waals surface area contributed by atoms with Crippen molar-refractivity contribution in [2.24, 2.45) is 17.8 Å². The van der Waals surface area contributed by atoms with Gasteiger partial charge in [0.25, 0.3) is 0 Å². The quantitative estimate of drug-likeness (QED) is 0.714. The van der Waals surface area contributed by atoms with Crippen LogP contribution in [0.25, 0.3) is 10.8 Å². The Balaban J connectivity index is 1.67. The molecule has 108 valence electrons. The Kier molecular flexibility index (Phi) is 2.38. The van der Waals surface area contributed by atoms with Gasteiger partial charge in [-0.25, -0.2) is 0 Å². The van der Waals surface area contributed by atoms with Crippen molar-refractivity contribution in [3.63, 3.8) is 0 Å². The number of aromatic nitrogens is 1. The van der Waals surface area contributed by atoms with Gasteiger partial charge in [0.05, 0.1) is 0 Å². The van der Waals surface area contributed by atoms with Crippen molar-refractivity contribution in [1.29, 1.82) is 0 Å². The zero-order valence-electron chi connectivity index (χ0n) is 12.8. The lowest BCUT2D eigenvalue weighted by atomic mass is 9.48. The average molecular weight is 277 g/mol. The second-order valence-electron chi connectivity index (χ2n) is 8.01.